The predicted octanol–water partition coefficient (Wildman–Crippen LogP) is 3.56. The number of halogens is 3. The highest BCUT2D eigenvalue weighted by Crippen LogP contribution is 2.44. The minimum Gasteiger partial charge on any atom is -0.493 e. The molecule has 2 aliphatic rings. The van der Waals surface area contributed by atoms with E-state index >= 15 is 0 Å². The Kier molecular flexibility index (Phi) is 6.56. The molecule has 2 saturated heterocycles. The number of fused-ring (bicyclic) bond motifs is 1. The summed E-state index contributed by atoms with van der Waals surface area (Å²) in [6.45, 7) is 1.30. The highest BCUT2D eigenvalue weighted by molar-refractivity contribution is 5.95. The maximum absolute atomic E-state index is 13.5. The van der Waals surface area contributed by atoms with Crippen molar-refractivity contribution >= 4 is 11.6 Å². The van der Waals surface area contributed by atoms with Gasteiger partial charge < -0.3 is 24.4 Å². The Morgan fingerprint density at radius 3 is 2.54 bits per heavy atom. The number of aliphatic hydroxyl groups excluding tert-OH is 1. The fraction of sp³-hybridized carbons (Fsp3) is 0.440. The lowest BCUT2D eigenvalue weighted by atomic mass is 9.74. The van der Waals surface area contributed by atoms with Gasteiger partial charge in [0.25, 0.3) is 5.91 Å². The van der Waals surface area contributed by atoms with Crippen LogP contribution in [0.3, 0.4) is 0 Å². The van der Waals surface area contributed by atoms with Crippen molar-refractivity contribution in [3.05, 3.63) is 53.1 Å². The summed E-state index contributed by atoms with van der Waals surface area (Å²) in [6, 6.07) is 10.2. The van der Waals surface area contributed by atoms with Crippen LogP contribution in [-0.2, 0) is 6.18 Å². The van der Waals surface area contributed by atoms with Crippen LogP contribution in [0.2, 0.25) is 0 Å². The van der Waals surface area contributed by atoms with Crippen molar-refractivity contribution in [1.29, 1.82) is 5.26 Å². The number of benzene rings is 2. The summed E-state index contributed by atoms with van der Waals surface area (Å²) >= 11 is 0. The minimum absolute atomic E-state index is 0.00770. The van der Waals surface area contributed by atoms with E-state index < -0.39 is 22.7 Å². The smallest absolute Gasteiger partial charge is 0.417 e. The molecule has 2 fully saturated rings. The van der Waals surface area contributed by atoms with E-state index in [0.717, 1.165) is 6.07 Å². The lowest BCUT2D eigenvalue weighted by Crippen LogP contribution is -2.51. The third-order valence-electron chi connectivity index (χ3n) is 7.09. The molecule has 0 bridgehead atoms. The average molecular weight is 489 g/mol. The van der Waals surface area contributed by atoms with Gasteiger partial charge in [-0.1, -0.05) is 0 Å². The molecule has 0 radical (unpaired) electrons. The minimum atomic E-state index is -4.65. The maximum atomic E-state index is 13.5. The van der Waals surface area contributed by atoms with Gasteiger partial charge >= 0.3 is 6.18 Å². The molecule has 0 spiro atoms. The molecule has 10 heteroatoms. The average Bonchev–Trinajstić information content (AvgIpc) is 3.26. The van der Waals surface area contributed by atoms with Crippen LogP contribution < -0.4 is 14.4 Å². The number of rotatable bonds is 5. The van der Waals surface area contributed by atoms with Gasteiger partial charge in [0.1, 0.15) is 0 Å². The van der Waals surface area contributed by atoms with Crippen LogP contribution in [0.5, 0.6) is 11.5 Å². The van der Waals surface area contributed by atoms with Gasteiger partial charge in [-0.05, 0) is 48.7 Å². The second-order valence-electron chi connectivity index (χ2n) is 9.02. The molecule has 2 aromatic carbocycles. The Bertz CT molecular complexity index is 1160. The number of likely N-dealkylation sites (tertiary alicyclic amines) is 1. The highest BCUT2D eigenvalue weighted by Gasteiger charge is 2.51. The van der Waals surface area contributed by atoms with Crippen LogP contribution in [0.15, 0.2) is 36.4 Å². The third-order valence-corrected chi connectivity index (χ3v) is 7.09. The first-order valence-corrected chi connectivity index (χ1v) is 11.1. The monoisotopic (exact) mass is 489 g/mol. The lowest BCUT2D eigenvalue weighted by Gasteiger charge is -2.44. The summed E-state index contributed by atoms with van der Waals surface area (Å²) in [7, 11) is 2.99. The summed E-state index contributed by atoms with van der Waals surface area (Å²) in [6.07, 6.45) is -4.04. The standard InChI is InChI=1S/C25H26F3N3O4/c1-34-21-6-4-16(9-22(21)35-2)23(33)31-12-18-7-8-30(13-24(18,14-31)15-32)19-5-3-17(11-29)20(10-19)25(26,27)28/h3-6,9-10,18,32H,7-8,12-15H2,1-2H3/t18-,24+/m1/s1. The van der Waals surface area contributed by atoms with E-state index in [1.165, 1.54) is 26.4 Å². The largest absolute Gasteiger partial charge is 0.493 e. The van der Waals surface area contributed by atoms with E-state index in [9.17, 15) is 23.1 Å². The third kappa shape index (κ3) is 4.48. The normalized spacial score (nSPS) is 21.9. The molecular formula is C25H26F3N3O4. The molecule has 2 heterocycles. The zero-order valence-electron chi connectivity index (χ0n) is 19.4. The summed E-state index contributed by atoms with van der Waals surface area (Å²) in [4.78, 5) is 16.8. The topological polar surface area (TPSA) is 86.0 Å². The fourth-order valence-corrected chi connectivity index (χ4v) is 5.20. The molecule has 0 aliphatic carbocycles. The molecule has 7 nitrogen and oxygen atoms in total. The van der Waals surface area contributed by atoms with E-state index in [-0.39, 0.29) is 25.0 Å². The predicted molar refractivity (Wildman–Crippen MR) is 121 cm³/mol. The van der Waals surface area contributed by atoms with Gasteiger partial charge in [0.15, 0.2) is 11.5 Å². The zero-order chi connectivity index (χ0) is 25.4. The van der Waals surface area contributed by atoms with E-state index in [2.05, 4.69) is 0 Å². The number of ether oxygens (including phenoxy) is 2. The highest BCUT2D eigenvalue weighted by atomic mass is 19.4. The Balaban J connectivity index is 1.57. The number of piperidine rings is 1. The number of methoxy groups -OCH3 is 2. The quantitative estimate of drug-likeness (QED) is 0.692. The molecule has 1 N–H and O–H groups in total. The van der Waals surface area contributed by atoms with Crippen molar-refractivity contribution in [2.24, 2.45) is 11.3 Å². The van der Waals surface area contributed by atoms with Gasteiger partial charge in [0.05, 0.1) is 38.0 Å². The Morgan fingerprint density at radius 2 is 1.91 bits per heavy atom. The van der Waals surface area contributed by atoms with Gasteiger partial charge in [-0.25, -0.2) is 0 Å². The molecule has 0 unspecified atom stereocenters. The van der Waals surface area contributed by atoms with E-state index in [4.69, 9.17) is 14.7 Å². The van der Waals surface area contributed by atoms with E-state index in [1.807, 2.05) is 0 Å². The number of carbonyl (C=O) groups excluding carboxylic acids is 1. The molecule has 0 aromatic heterocycles. The van der Waals surface area contributed by atoms with Crippen LogP contribution in [-0.4, -0.2) is 62.9 Å². The number of hydrogen-bond acceptors (Lipinski definition) is 6. The van der Waals surface area contributed by atoms with E-state index in [0.29, 0.717) is 48.8 Å². The number of carbonyl (C=O) groups is 1. The van der Waals surface area contributed by atoms with Gasteiger partial charge in [-0.15, -0.1) is 0 Å². The van der Waals surface area contributed by atoms with Crippen LogP contribution in [0.1, 0.15) is 27.9 Å². The number of nitriles is 1. The summed E-state index contributed by atoms with van der Waals surface area (Å²) in [5, 5.41) is 19.5. The van der Waals surface area contributed by atoms with Crippen LogP contribution in [0.4, 0.5) is 18.9 Å². The van der Waals surface area contributed by atoms with Gasteiger partial charge in [-0.2, -0.15) is 18.4 Å². The molecule has 2 aromatic rings. The first kappa shape index (κ1) is 24.7. The lowest BCUT2D eigenvalue weighted by molar-refractivity contribution is -0.137. The maximum Gasteiger partial charge on any atom is 0.417 e. The Labute approximate surface area is 201 Å². The first-order chi connectivity index (χ1) is 16.7. The number of hydrogen-bond donors (Lipinski definition) is 1. The van der Waals surface area contributed by atoms with Crippen LogP contribution >= 0.6 is 0 Å². The van der Waals surface area contributed by atoms with Crippen molar-refractivity contribution in [3.63, 3.8) is 0 Å². The van der Waals surface area contributed by atoms with Crippen molar-refractivity contribution < 1.29 is 32.5 Å². The van der Waals surface area contributed by atoms with Crippen molar-refractivity contribution in [2.75, 3.05) is 51.9 Å². The number of alkyl halides is 3. The molecule has 2 aliphatic heterocycles. The van der Waals surface area contributed by atoms with Gasteiger partial charge in [-0.3, -0.25) is 4.79 Å². The molecule has 35 heavy (non-hydrogen) atoms. The second kappa shape index (κ2) is 9.30. The zero-order valence-corrected chi connectivity index (χ0v) is 19.4. The SMILES string of the molecule is COc1ccc(C(=O)N2C[C@H]3CCN(c4ccc(C#N)c(C(F)(F)F)c4)C[C@@]3(CO)C2)cc1OC. The first-order valence-electron chi connectivity index (χ1n) is 11.1. The van der Waals surface area contributed by atoms with Gasteiger partial charge in [0, 0.05) is 42.8 Å². The number of amides is 1. The van der Waals surface area contributed by atoms with Crippen molar-refractivity contribution in [3.8, 4) is 17.6 Å². The van der Waals surface area contributed by atoms with E-state index in [1.54, 1.807) is 34.1 Å². The van der Waals surface area contributed by atoms with Crippen molar-refractivity contribution in [2.45, 2.75) is 12.6 Å². The van der Waals surface area contributed by atoms with Crippen LogP contribution in [0, 0.1) is 22.7 Å². The summed E-state index contributed by atoms with van der Waals surface area (Å²) in [5.41, 5.74) is -1.31. The molecule has 2 atom stereocenters. The van der Waals surface area contributed by atoms with Crippen molar-refractivity contribution in [1.82, 2.24) is 4.90 Å². The Morgan fingerprint density at radius 1 is 1.17 bits per heavy atom. The Hall–Kier alpha value is -3.45. The number of nitrogens with zero attached hydrogens (tertiary/aromatic N) is 3. The van der Waals surface area contributed by atoms with Crippen LogP contribution in [0.25, 0.3) is 0 Å². The molecule has 4 rings (SSSR count). The molecule has 1 amide bonds. The summed E-state index contributed by atoms with van der Waals surface area (Å²) < 4.78 is 50.9. The second-order valence-corrected chi connectivity index (χ2v) is 9.02. The molecule has 0 saturated carbocycles. The molecular weight excluding hydrogens is 463 g/mol. The number of aliphatic hydroxyl groups is 1. The summed E-state index contributed by atoms with van der Waals surface area (Å²) in [5.74, 6) is 0.729. The van der Waals surface area contributed by atoms with Gasteiger partial charge in [0.2, 0.25) is 0 Å². The number of anilines is 1. The fourth-order valence-electron chi connectivity index (χ4n) is 5.20. The molecule has 186 valence electrons.